The third kappa shape index (κ3) is 3.54. The van der Waals surface area contributed by atoms with E-state index in [2.05, 4.69) is 38.1 Å². The molecule has 5 heteroatoms. The molecule has 106 valence electrons. The van der Waals surface area contributed by atoms with Crippen LogP contribution in [-0.4, -0.2) is 16.5 Å². The fraction of sp³-hybridized carbons (Fsp3) is 0.333. The van der Waals surface area contributed by atoms with E-state index in [0.29, 0.717) is 23.5 Å². The molecule has 0 aliphatic heterocycles. The van der Waals surface area contributed by atoms with Gasteiger partial charge in [-0.3, -0.25) is 0 Å². The van der Waals surface area contributed by atoms with Crippen LogP contribution in [0.25, 0.3) is 11.3 Å². The third-order valence-electron chi connectivity index (χ3n) is 2.85. The first-order chi connectivity index (χ1) is 9.63. The molecule has 0 aliphatic carbocycles. The normalized spacial score (nSPS) is 10.6. The van der Waals surface area contributed by atoms with Gasteiger partial charge in [-0.2, -0.15) is 0 Å². The minimum absolute atomic E-state index is 0.282. The number of nitrogens with zero attached hydrogens (tertiary/aromatic N) is 2. The quantitative estimate of drug-likeness (QED) is 0.876. The molecule has 20 heavy (non-hydrogen) atoms. The molecule has 0 amide bonds. The van der Waals surface area contributed by atoms with Gasteiger partial charge in [-0.05, 0) is 24.6 Å². The molecule has 1 aromatic carbocycles. The van der Waals surface area contributed by atoms with Crippen LogP contribution in [-0.2, 0) is 6.42 Å². The van der Waals surface area contributed by atoms with E-state index in [0.717, 1.165) is 23.3 Å². The molecule has 0 aliphatic rings. The molecular weight excluding hydrogens is 321 g/mol. The van der Waals surface area contributed by atoms with Gasteiger partial charge in [0.25, 0.3) is 0 Å². The molecule has 0 saturated heterocycles. The number of nitrogens with one attached hydrogen (secondary N) is 1. The number of aromatic nitrogens is 2. The first-order valence-corrected chi connectivity index (χ1v) is 7.50. The molecule has 1 N–H and O–H groups in total. The van der Waals surface area contributed by atoms with Crippen LogP contribution in [0.5, 0.6) is 0 Å². The molecule has 2 rings (SSSR count). The Morgan fingerprint density at radius 3 is 2.70 bits per heavy atom. The van der Waals surface area contributed by atoms with Crippen LogP contribution >= 0.6 is 15.9 Å². The van der Waals surface area contributed by atoms with E-state index in [-0.39, 0.29) is 5.82 Å². The van der Waals surface area contributed by atoms with Crippen LogP contribution in [0, 0.1) is 5.82 Å². The summed E-state index contributed by atoms with van der Waals surface area (Å²) in [6.07, 6.45) is 1.72. The van der Waals surface area contributed by atoms with E-state index in [1.165, 1.54) is 6.07 Å². The van der Waals surface area contributed by atoms with Crippen molar-refractivity contribution in [3.8, 4) is 11.3 Å². The Hall–Kier alpha value is -1.49. The lowest BCUT2D eigenvalue weighted by molar-refractivity contribution is 0.630. The number of halogens is 2. The maximum Gasteiger partial charge on any atom is 0.132 e. The zero-order chi connectivity index (χ0) is 14.5. The van der Waals surface area contributed by atoms with Crippen molar-refractivity contribution >= 4 is 21.7 Å². The van der Waals surface area contributed by atoms with Gasteiger partial charge in [0.1, 0.15) is 17.5 Å². The van der Waals surface area contributed by atoms with Gasteiger partial charge < -0.3 is 5.32 Å². The van der Waals surface area contributed by atoms with Crippen molar-refractivity contribution in [2.24, 2.45) is 0 Å². The largest absolute Gasteiger partial charge is 0.370 e. The van der Waals surface area contributed by atoms with Crippen molar-refractivity contribution < 1.29 is 4.39 Å². The van der Waals surface area contributed by atoms with Gasteiger partial charge in [0.2, 0.25) is 0 Å². The van der Waals surface area contributed by atoms with Gasteiger partial charge in [0.15, 0.2) is 0 Å². The summed E-state index contributed by atoms with van der Waals surface area (Å²) in [5.41, 5.74) is 1.09. The summed E-state index contributed by atoms with van der Waals surface area (Å²) >= 11 is 3.36. The average Bonchev–Trinajstić information content (AvgIpc) is 2.47. The average molecular weight is 338 g/mol. The molecule has 0 radical (unpaired) electrons. The lowest BCUT2D eigenvalue weighted by atomic mass is 10.1. The van der Waals surface area contributed by atoms with Crippen molar-refractivity contribution in [3.05, 3.63) is 40.4 Å². The predicted octanol–water partition coefficient (Wildman–Crippen LogP) is 4.43. The molecule has 0 unspecified atom stereocenters. The van der Waals surface area contributed by atoms with Crippen LogP contribution in [0.1, 0.15) is 26.1 Å². The molecule has 1 aromatic heterocycles. The highest BCUT2D eigenvalue weighted by molar-refractivity contribution is 9.10. The Morgan fingerprint density at radius 1 is 1.20 bits per heavy atom. The molecule has 1 heterocycles. The molecule has 0 saturated carbocycles. The monoisotopic (exact) mass is 337 g/mol. The van der Waals surface area contributed by atoms with Crippen LogP contribution in [0.4, 0.5) is 10.2 Å². The second-order valence-corrected chi connectivity index (χ2v) is 5.37. The predicted molar refractivity (Wildman–Crippen MR) is 83.3 cm³/mol. The molecular formula is C15H17BrFN3. The maximum absolute atomic E-state index is 14.0. The fourth-order valence-electron chi connectivity index (χ4n) is 1.83. The van der Waals surface area contributed by atoms with Gasteiger partial charge in [0, 0.05) is 29.1 Å². The van der Waals surface area contributed by atoms with Gasteiger partial charge in [-0.1, -0.05) is 29.8 Å². The summed E-state index contributed by atoms with van der Waals surface area (Å²) in [6, 6.07) is 6.64. The highest BCUT2D eigenvalue weighted by Gasteiger charge is 2.10. The van der Waals surface area contributed by atoms with Crippen LogP contribution in [0.2, 0.25) is 0 Å². The summed E-state index contributed by atoms with van der Waals surface area (Å²) in [6.45, 7) is 4.91. The Balaban J connectivity index is 2.46. The van der Waals surface area contributed by atoms with Gasteiger partial charge in [0.05, 0.1) is 5.69 Å². The summed E-state index contributed by atoms with van der Waals surface area (Å²) in [5, 5.41) is 3.23. The summed E-state index contributed by atoms with van der Waals surface area (Å²) in [5.74, 6) is 1.17. The summed E-state index contributed by atoms with van der Waals surface area (Å²) in [4.78, 5) is 8.83. The van der Waals surface area contributed by atoms with Crippen molar-refractivity contribution in [3.63, 3.8) is 0 Å². The number of hydrogen-bond acceptors (Lipinski definition) is 3. The molecule has 2 aromatic rings. The molecule has 0 atom stereocenters. The Labute approximate surface area is 126 Å². The van der Waals surface area contributed by atoms with Crippen LogP contribution < -0.4 is 5.32 Å². The topological polar surface area (TPSA) is 37.8 Å². The van der Waals surface area contributed by atoms with Crippen molar-refractivity contribution in [2.45, 2.75) is 26.7 Å². The van der Waals surface area contributed by atoms with Crippen molar-refractivity contribution in [1.29, 1.82) is 0 Å². The lowest BCUT2D eigenvalue weighted by Gasteiger charge is -2.10. The minimum Gasteiger partial charge on any atom is -0.370 e. The van der Waals surface area contributed by atoms with E-state index in [4.69, 9.17) is 0 Å². The van der Waals surface area contributed by atoms with E-state index in [1.54, 1.807) is 18.2 Å². The smallest absolute Gasteiger partial charge is 0.132 e. The highest BCUT2D eigenvalue weighted by atomic mass is 79.9. The lowest BCUT2D eigenvalue weighted by Crippen LogP contribution is -2.06. The van der Waals surface area contributed by atoms with Gasteiger partial charge >= 0.3 is 0 Å². The number of benzene rings is 1. The zero-order valence-electron chi connectivity index (χ0n) is 11.6. The molecule has 0 fully saturated rings. The molecule has 0 spiro atoms. The SMILES string of the molecule is CCCNc1cc(-c2cc(Br)ccc2F)nc(CC)n1. The maximum atomic E-state index is 14.0. The number of rotatable bonds is 5. The van der Waals surface area contributed by atoms with Gasteiger partial charge in [-0.25, -0.2) is 14.4 Å². The summed E-state index contributed by atoms with van der Waals surface area (Å²) in [7, 11) is 0. The Kier molecular flexibility index (Phi) is 5.06. The number of anilines is 1. The second kappa shape index (κ2) is 6.79. The number of aryl methyl sites for hydroxylation is 1. The zero-order valence-corrected chi connectivity index (χ0v) is 13.2. The number of hydrogen-bond donors (Lipinski definition) is 1. The highest BCUT2D eigenvalue weighted by Crippen LogP contribution is 2.26. The Bertz CT molecular complexity index is 602. The van der Waals surface area contributed by atoms with Crippen molar-refractivity contribution in [2.75, 3.05) is 11.9 Å². The van der Waals surface area contributed by atoms with E-state index >= 15 is 0 Å². The van der Waals surface area contributed by atoms with Crippen molar-refractivity contribution in [1.82, 2.24) is 9.97 Å². The van der Waals surface area contributed by atoms with Crippen LogP contribution in [0.3, 0.4) is 0 Å². The summed E-state index contributed by atoms with van der Waals surface area (Å²) < 4.78 is 14.8. The standard InChI is InChI=1S/C15H17BrFN3/c1-3-7-18-15-9-13(19-14(4-2)20-15)11-8-10(16)5-6-12(11)17/h5-6,8-9H,3-4,7H2,1-2H3,(H,18,19,20). The van der Waals surface area contributed by atoms with E-state index in [1.807, 2.05) is 6.92 Å². The third-order valence-corrected chi connectivity index (χ3v) is 3.34. The fourth-order valence-corrected chi connectivity index (χ4v) is 2.19. The van der Waals surface area contributed by atoms with E-state index in [9.17, 15) is 4.39 Å². The minimum atomic E-state index is -0.282. The molecule has 3 nitrogen and oxygen atoms in total. The first kappa shape index (κ1) is 14.9. The first-order valence-electron chi connectivity index (χ1n) is 6.71. The molecule has 0 bridgehead atoms. The van der Waals surface area contributed by atoms with Crippen LogP contribution in [0.15, 0.2) is 28.7 Å². The Morgan fingerprint density at radius 2 is 2.00 bits per heavy atom. The van der Waals surface area contributed by atoms with E-state index < -0.39 is 0 Å². The van der Waals surface area contributed by atoms with Gasteiger partial charge in [-0.15, -0.1) is 0 Å². The second-order valence-electron chi connectivity index (χ2n) is 4.46.